The number of amides is 1. The molecule has 2 aliphatic rings. The molecular weight excluding hydrogens is 268 g/mol. The molecule has 0 N–H and O–H groups in total. The van der Waals surface area contributed by atoms with Crippen LogP contribution in [0.5, 0.6) is 0 Å². The first-order valence-corrected chi connectivity index (χ1v) is 8.10. The highest BCUT2D eigenvalue weighted by molar-refractivity contribution is 5.92. The highest BCUT2D eigenvalue weighted by Crippen LogP contribution is 2.32. The van der Waals surface area contributed by atoms with Gasteiger partial charge in [0.25, 0.3) is 5.91 Å². The van der Waals surface area contributed by atoms with Gasteiger partial charge in [0.05, 0.1) is 6.61 Å². The largest absolute Gasteiger partial charge is 0.448 e. The molecule has 1 saturated heterocycles. The zero-order chi connectivity index (χ0) is 14.7. The van der Waals surface area contributed by atoms with Crippen molar-refractivity contribution in [3.05, 3.63) is 17.8 Å². The van der Waals surface area contributed by atoms with Crippen LogP contribution in [0, 0.1) is 0 Å². The summed E-state index contributed by atoms with van der Waals surface area (Å²) in [6, 6.07) is 0.190. The summed E-state index contributed by atoms with van der Waals surface area (Å²) in [4.78, 5) is 18.9. The lowest BCUT2D eigenvalue weighted by atomic mass is 9.89. The van der Waals surface area contributed by atoms with E-state index in [-0.39, 0.29) is 11.9 Å². The fourth-order valence-corrected chi connectivity index (χ4v) is 3.27. The average molecular weight is 292 g/mol. The summed E-state index contributed by atoms with van der Waals surface area (Å²) in [5.41, 5.74) is 0.448. The minimum absolute atomic E-state index is 0.0289. The number of oxazole rings is 1. The van der Waals surface area contributed by atoms with Gasteiger partial charge < -0.3 is 14.1 Å². The van der Waals surface area contributed by atoms with E-state index in [0.717, 1.165) is 31.8 Å². The molecule has 116 valence electrons. The summed E-state index contributed by atoms with van der Waals surface area (Å²) < 4.78 is 11.0. The standard InChI is InChI=1S/C16H24N2O3/c1-12-7-9-20-10-8-18(12)16(19)14-11-21-15(17-14)13-5-3-2-4-6-13/h11-13H,2-10H2,1H3. The third kappa shape index (κ3) is 3.28. The Morgan fingerprint density at radius 1 is 1.24 bits per heavy atom. The molecule has 2 fully saturated rings. The Kier molecular flexibility index (Phi) is 4.58. The van der Waals surface area contributed by atoms with Crippen LogP contribution in [0.2, 0.25) is 0 Å². The molecule has 3 rings (SSSR count). The number of rotatable bonds is 2. The van der Waals surface area contributed by atoms with E-state index in [1.54, 1.807) is 0 Å². The number of ether oxygens (including phenoxy) is 1. The van der Waals surface area contributed by atoms with Crippen LogP contribution >= 0.6 is 0 Å². The van der Waals surface area contributed by atoms with Crippen LogP contribution < -0.4 is 0 Å². The molecule has 1 unspecified atom stereocenters. The zero-order valence-electron chi connectivity index (χ0n) is 12.7. The highest BCUT2D eigenvalue weighted by Gasteiger charge is 2.27. The lowest BCUT2D eigenvalue weighted by Gasteiger charge is -2.25. The molecule has 1 aliphatic heterocycles. The topological polar surface area (TPSA) is 55.6 Å². The summed E-state index contributed by atoms with van der Waals surface area (Å²) in [7, 11) is 0. The third-order valence-electron chi connectivity index (χ3n) is 4.64. The number of carbonyl (C=O) groups excluding carboxylic acids is 1. The molecule has 1 saturated carbocycles. The molecular formula is C16H24N2O3. The van der Waals surface area contributed by atoms with Crippen molar-refractivity contribution < 1.29 is 13.9 Å². The van der Waals surface area contributed by atoms with Gasteiger partial charge >= 0.3 is 0 Å². The molecule has 1 aromatic rings. The molecule has 1 atom stereocenters. The molecule has 2 heterocycles. The Labute approximate surface area is 125 Å². The summed E-state index contributed by atoms with van der Waals surface area (Å²) in [6.45, 7) is 4.01. The van der Waals surface area contributed by atoms with Crippen molar-refractivity contribution in [1.29, 1.82) is 0 Å². The third-order valence-corrected chi connectivity index (χ3v) is 4.64. The van der Waals surface area contributed by atoms with Crippen LogP contribution in [0.3, 0.4) is 0 Å². The number of aromatic nitrogens is 1. The van der Waals surface area contributed by atoms with Gasteiger partial charge in [0, 0.05) is 25.1 Å². The molecule has 1 aliphatic carbocycles. The van der Waals surface area contributed by atoms with E-state index in [9.17, 15) is 4.79 Å². The van der Waals surface area contributed by atoms with Gasteiger partial charge in [-0.3, -0.25) is 4.79 Å². The van der Waals surface area contributed by atoms with Gasteiger partial charge in [-0.05, 0) is 26.2 Å². The number of carbonyl (C=O) groups is 1. The van der Waals surface area contributed by atoms with Crippen molar-refractivity contribution in [3.63, 3.8) is 0 Å². The second kappa shape index (κ2) is 6.60. The van der Waals surface area contributed by atoms with E-state index < -0.39 is 0 Å². The maximum Gasteiger partial charge on any atom is 0.276 e. The van der Waals surface area contributed by atoms with Gasteiger partial charge in [0.1, 0.15) is 6.26 Å². The number of hydrogen-bond donors (Lipinski definition) is 0. The monoisotopic (exact) mass is 292 g/mol. The fraction of sp³-hybridized carbons (Fsp3) is 0.750. The minimum Gasteiger partial charge on any atom is -0.448 e. The smallest absolute Gasteiger partial charge is 0.276 e. The first kappa shape index (κ1) is 14.6. The van der Waals surface area contributed by atoms with Gasteiger partial charge in [-0.25, -0.2) is 4.98 Å². The fourth-order valence-electron chi connectivity index (χ4n) is 3.27. The van der Waals surface area contributed by atoms with Crippen LogP contribution in [-0.4, -0.2) is 41.6 Å². The molecule has 5 heteroatoms. The maximum atomic E-state index is 12.6. The van der Waals surface area contributed by atoms with E-state index >= 15 is 0 Å². The molecule has 0 spiro atoms. The zero-order valence-corrected chi connectivity index (χ0v) is 12.7. The lowest BCUT2D eigenvalue weighted by molar-refractivity contribution is 0.0681. The van der Waals surface area contributed by atoms with Crippen molar-refractivity contribution in [2.45, 2.75) is 57.4 Å². The van der Waals surface area contributed by atoms with Gasteiger partial charge in [0.15, 0.2) is 11.6 Å². The SMILES string of the molecule is CC1CCOCCN1C(=O)c1coc(C2CCCCC2)n1. The molecule has 1 aromatic heterocycles. The van der Waals surface area contributed by atoms with Crippen molar-refractivity contribution in [1.82, 2.24) is 9.88 Å². The molecule has 5 nitrogen and oxygen atoms in total. The second-order valence-electron chi connectivity index (χ2n) is 6.15. The Morgan fingerprint density at radius 3 is 2.86 bits per heavy atom. The molecule has 0 bridgehead atoms. The van der Waals surface area contributed by atoms with E-state index in [1.807, 2.05) is 4.90 Å². The van der Waals surface area contributed by atoms with Crippen molar-refractivity contribution >= 4 is 5.91 Å². The Morgan fingerprint density at radius 2 is 2.05 bits per heavy atom. The number of hydrogen-bond acceptors (Lipinski definition) is 4. The molecule has 1 amide bonds. The Balaban J connectivity index is 1.70. The summed E-state index contributed by atoms with van der Waals surface area (Å²) >= 11 is 0. The maximum absolute atomic E-state index is 12.6. The van der Waals surface area contributed by atoms with Gasteiger partial charge in [-0.15, -0.1) is 0 Å². The van der Waals surface area contributed by atoms with Crippen LogP contribution in [0.15, 0.2) is 10.7 Å². The molecule has 0 aromatic carbocycles. The average Bonchev–Trinajstić information content (AvgIpc) is 2.91. The normalized spacial score (nSPS) is 24.8. The number of nitrogens with zero attached hydrogens (tertiary/aromatic N) is 2. The first-order chi connectivity index (χ1) is 10.3. The van der Waals surface area contributed by atoms with Crippen molar-refractivity contribution in [2.75, 3.05) is 19.8 Å². The first-order valence-electron chi connectivity index (χ1n) is 8.10. The van der Waals surface area contributed by atoms with Crippen LogP contribution in [-0.2, 0) is 4.74 Å². The van der Waals surface area contributed by atoms with Gasteiger partial charge in [-0.2, -0.15) is 0 Å². The van der Waals surface area contributed by atoms with E-state index in [2.05, 4.69) is 11.9 Å². The van der Waals surface area contributed by atoms with E-state index in [4.69, 9.17) is 9.15 Å². The minimum atomic E-state index is -0.0289. The van der Waals surface area contributed by atoms with Crippen LogP contribution in [0.25, 0.3) is 0 Å². The molecule has 21 heavy (non-hydrogen) atoms. The van der Waals surface area contributed by atoms with Crippen molar-refractivity contribution in [3.8, 4) is 0 Å². The summed E-state index contributed by atoms with van der Waals surface area (Å²) in [6.07, 6.45) is 8.43. The van der Waals surface area contributed by atoms with E-state index in [0.29, 0.717) is 24.8 Å². The predicted molar refractivity (Wildman–Crippen MR) is 78.3 cm³/mol. The molecule has 0 radical (unpaired) electrons. The summed E-state index contributed by atoms with van der Waals surface area (Å²) in [5, 5.41) is 0. The second-order valence-corrected chi connectivity index (χ2v) is 6.15. The quantitative estimate of drug-likeness (QED) is 0.841. The van der Waals surface area contributed by atoms with Gasteiger partial charge in [0.2, 0.25) is 0 Å². The predicted octanol–water partition coefficient (Wildman–Crippen LogP) is 2.97. The highest BCUT2D eigenvalue weighted by atomic mass is 16.5. The van der Waals surface area contributed by atoms with E-state index in [1.165, 1.54) is 25.5 Å². The Bertz CT molecular complexity index is 480. The Hall–Kier alpha value is -1.36. The van der Waals surface area contributed by atoms with Crippen LogP contribution in [0.1, 0.15) is 67.7 Å². The van der Waals surface area contributed by atoms with Crippen molar-refractivity contribution in [2.24, 2.45) is 0 Å². The van der Waals surface area contributed by atoms with Gasteiger partial charge in [-0.1, -0.05) is 19.3 Å². The lowest BCUT2D eigenvalue weighted by Crippen LogP contribution is -2.39. The van der Waals surface area contributed by atoms with Crippen LogP contribution in [0.4, 0.5) is 0 Å². The summed E-state index contributed by atoms with van der Waals surface area (Å²) in [5.74, 6) is 1.11.